The molecule has 1 unspecified atom stereocenters. The highest BCUT2D eigenvalue weighted by molar-refractivity contribution is 5.48. The summed E-state index contributed by atoms with van der Waals surface area (Å²) in [6.45, 7) is 2.39. The highest BCUT2D eigenvalue weighted by Gasteiger charge is 1.99. The second kappa shape index (κ2) is 6.39. The fourth-order valence-corrected chi connectivity index (χ4v) is 1.43. The zero-order chi connectivity index (χ0) is 10.2. The van der Waals surface area contributed by atoms with Gasteiger partial charge in [-0.15, -0.1) is 0 Å². The first-order valence-electron chi connectivity index (χ1n) is 5.21. The fraction of sp³-hybridized carbons (Fsp3) is 0.385. The lowest BCUT2D eigenvalue weighted by molar-refractivity contribution is 0.246. The van der Waals surface area contributed by atoms with Gasteiger partial charge in [-0.3, -0.25) is 0 Å². The van der Waals surface area contributed by atoms with Crippen LogP contribution >= 0.6 is 0 Å². The third kappa shape index (κ3) is 3.75. The molecule has 1 aromatic rings. The molecule has 0 fully saturated rings. The van der Waals surface area contributed by atoms with E-state index >= 15 is 0 Å². The van der Waals surface area contributed by atoms with E-state index in [1.165, 1.54) is 5.56 Å². The smallest absolute Gasteiger partial charge is 0.0493 e. The summed E-state index contributed by atoms with van der Waals surface area (Å²) in [6.07, 6.45) is 6.35. The van der Waals surface area contributed by atoms with E-state index in [-0.39, 0.29) is 6.61 Å². The fourth-order valence-electron chi connectivity index (χ4n) is 1.43. The average Bonchev–Trinajstić information content (AvgIpc) is 2.25. The van der Waals surface area contributed by atoms with E-state index in [4.69, 9.17) is 5.11 Å². The molecule has 1 atom stereocenters. The van der Waals surface area contributed by atoms with Gasteiger partial charge in [0.2, 0.25) is 0 Å². The zero-order valence-electron chi connectivity index (χ0n) is 8.69. The Hall–Kier alpha value is -1.08. The van der Waals surface area contributed by atoms with Crippen molar-refractivity contribution in [2.45, 2.75) is 19.8 Å². The number of hydrogen-bond acceptors (Lipinski definition) is 1. The summed E-state index contributed by atoms with van der Waals surface area (Å²) in [7, 11) is 0. The molecule has 0 spiro atoms. The molecule has 1 nitrogen and oxygen atoms in total. The van der Waals surface area contributed by atoms with Gasteiger partial charge in [0.25, 0.3) is 0 Å². The van der Waals surface area contributed by atoms with E-state index < -0.39 is 0 Å². The molecule has 0 saturated heterocycles. The molecule has 0 bridgehead atoms. The third-order valence-corrected chi connectivity index (χ3v) is 2.25. The van der Waals surface area contributed by atoms with Crippen LogP contribution in [-0.2, 0) is 0 Å². The van der Waals surface area contributed by atoms with Crippen molar-refractivity contribution < 1.29 is 5.11 Å². The van der Waals surface area contributed by atoms with Crippen molar-refractivity contribution in [3.8, 4) is 0 Å². The van der Waals surface area contributed by atoms with Gasteiger partial charge in [0.1, 0.15) is 0 Å². The summed E-state index contributed by atoms with van der Waals surface area (Å²) in [5.41, 5.74) is 1.20. The molecular formula is C13H18O. The number of aliphatic hydroxyl groups excluding tert-OH is 1. The Balaban J connectivity index is 2.53. The Kier molecular flexibility index (Phi) is 5.02. The number of rotatable bonds is 5. The normalized spacial score (nSPS) is 13.3. The molecule has 0 radical (unpaired) electrons. The number of aliphatic hydroxyl groups is 1. The van der Waals surface area contributed by atoms with Crippen LogP contribution in [0.3, 0.4) is 0 Å². The van der Waals surface area contributed by atoms with Crippen LogP contribution in [-0.4, -0.2) is 11.7 Å². The number of benzene rings is 1. The summed E-state index contributed by atoms with van der Waals surface area (Å²) in [5.74, 6) is 0.306. The number of hydrogen-bond donors (Lipinski definition) is 1. The van der Waals surface area contributed by atoms with Gasteiger partial charge in [0.05, 0.1) is 0 Å². The van der Waals surface area contributed by atoms with Crippen LogP contribution in [0.4, 0.5) is 0 Å². The van der Waals surface area contributed by atoms with E-state index in [9.17, 15) is 0 Å². The molecule has 0 aliphatic carbocycles. The van der Waals surface area contributed by atoms with Crippen LogP contribution in [0, 0.1) is 5.92 Å². The van der Waals surface area contributed by atoms with Gasteiger partial charge in [0.15, 0.2) is 0 Å². The van der Waals surface area contributed by atoms with E-state index in [0.29, 0.717) is 5.92 Å². The SMILES string of the molecule is CCCC(/C=C/c1ccccc1)CO. The summed E-state index contributed by atoms with van der Waals surface area (Å²) in [4.78, 5) is 0. The van der Waals surface area contributed by atoms with E-state index in [1.54, 1.807) is 0 Å². The molecular weight excluding hydrogens is 172 g/mol. The average molecular weight is 190 g/mol. The van der Waals surface area contributed by atoms with Crippen LogP contribution < -0.4 is 0 Å². The highest BCUT2D eigenvalue weighted by Crippen LogP contribution is 2.10. The van der Waals surface area contributed by atoms with Crippen LogP contribution in [0.15, 0.2) is 36.4 Å². The van der Waals surface area contributed by atoms with Crippen molar-refractivity contribution in [1.29, 1.82) is 0 Å². The minimum absolute atomic E-state index is 0.247. The van der Waals surface area contributed by atoms with Crippen molar-refractivity contribution in [1.82, 2.24) is 0 Å². The first-order chi connectivity index (χ1) is 6.86. The second-order valence-electron chi connectivity index (χ2n) is 3.50. The van der Waals surface area contributed by atoms with Crippen LogP contribution in [0.25, 0.3) is 6.08 Å². The van der Waals surface area contributed by atoms with Gasteiger partial charge >= 0.3 is 0 Å². The van der Waals surface area contributed by atoms with E-state index in [1.807, 2.05) is 18.2 Å². The summed E-state index contributed by atoms with van der Waals surface area (Å²) in [5, 5.41) is 9.08. The maximum Gasteiger partial charge on any atom is 0.0493 e. The molecule has 0 aliphatic heterocycles. The summed E-state index contributed by atoms with van der Waals surface area (Å²) >= 11 is 0. The topological polar surface area (TPSA) is 20.2 Å². The molecule has 1 aromatic carbocycles. The van der Waals surface area contributed by atoms with E-state index in [2.05, 4.69) is 31.2 Å². The highest BCUT2D eigenvalue weighted by atomic mass is 16.3. The molecule has 0 aromatic heterocycles. The minimum Gasteiger partial charge on any atom is -0.396 e. The maximum atomic E-state index is 9.08. The Labute approximate surface area is 86.1 Å². The van der Waals surface area contributed by atoms with Crippen molar-refractivity contribution in [3.05, 3.63) is 42.0 Å². The molecule has 76 valence electrons. The van der Waals surface area contributed by atoms with Gasteiger partial charge < -0.3 is 5.11 Å². The lowest BCUT2D eigenvalue weighted by Gasteiger charge is -2.06. The second-order valence-corrected chi connectivity index (χ2v) is 3.50. The van der Waals surface area contributed by atoms with Crippen LogP contribution in [0.1, 0.15) is 25.3 Å². The quantitative estimate of drug-likeness (QED) is 0.756. The van der Waals surface area contributed by atoms with Gasteiger partial charge in [-0.1, -0.05) is 55.8 Å². The molecule has 1 heteroatoms. The van der Waals surface area contributed by atoms with Gasteiger partial charge in [0, 0.05) is 12.5 Å². The lowest BCUT2D eigenvalue weighted by atomic mass is 10.0. The predicted molar refractivity (Wildman–Crippen MR) is 61.0 cm³/mol. The molecule has 0 aliphatic rings. The predicted octanol–water partition coefficient (Wildman–Crippen LogP) is 3.11. The largest absolute Gasteiger partial charge is 0.396 e. The minimum atomic E-state index is 0.247. The first-order valence-corrected chi connectivity index (χ1v) is 5.21. The summed E-state index contributed by atoms with van der Waals surface area (Å²) in [6, 6.07) is 10.2. The van der Waals surface area contributed by atoms with Crippen molar-refractivity contribution >= 4 is 6.08 Å². The maximum absolute atomic E-state index is 9.08. The van der Waals surface area contributed by atoms with Crippen molar-refractivity contribution in [2.24, 2.45) is 5.92 Å². The Bertz CT molecular complexity index is 264. The monoisotopic (exact) mass is 190 g/mol. The molecule has 1 rings (SSSR count). The first kappa shape index (κ1) is 11.0. The standard InChI is InChI=1S/C13H18O/c1-2-6-13(11-14)10-9-12-7-4-3-5-8-12/h3-5,7-10,13-14H,2,6,11H2,1H3/b10-9+. The van der Waals surface area contributed by atoms with Gasteiger partial charge in [-0.2, -0.15) is 0 Å². The van der Waals surface area contributed by atoms with Crippen molar-refractivity contribution in [3.63, 3.8) is 0 Å². The molecule has 1 N–H and O–H groups in total. The molecule has 0 saturated carbocycles. The van der Waals surface area contributed by atoms with Crippen LogP contribution in [0.2, 0.25) is 0 Å². The molecule has 14 heavy (non-hydrogen) atoms. The van der Waals surface area contributed by atoms with Crippen molar-refractivity contribution in [2.75, 3.05) is 6.61 Å². The summed E-state index contributed by atoms with van der Waals surface area (Å²) < 4.78 is 0. The Morgan fingerprint density at radius 3 is 2.57 bits per heavy atom. The van der Waals surface area contributed by atoms with Gasteiger partial charge in [-0.05, 0) is 12.0 Å². The molecule has 0 heterocycles. The zero-order valence-corrected chi connectivity index (χ0v) is 8.69. The molecule has 0 amide bonds. The Morgan fingerprint density at radius 1 is 1.29 bits per heavy atom. The Morgan fingerprint density at radius 2 is 2.00 bits per heavy atom. The van der Waals surface area contributed by atoms with E-state index in [0.717, 1.165) is 12.8 Å². The van der Waals surface area contributed by atoms with Crippen LogP contribution in [0.5, 0.6) is 0 Å². The third-order valence-electron chi connectivity index (χ3n) is 2.25. The van der Waals surface area contributed by atoms with Gasteiger partial charge in [-0.25, -0.2) is 0 Å². The lowest BCUT2D eigenvalue weighted by Crippen LogP contribution is -2.01.